The maximum absolute atomic E-state index is 12.6. The zero-order valence-corrected chi connectivity index (χ0v) is 11.0. The summed E-state index contributed by atoms with van der Waals surface area (Å²) in [7, 11) is 0. The zero-order valence-electron chi connectivity index (χ0n) is 11.0. The van der Waals surface area contributed by atoms with Crippen LogP contribution >= 0.6 is 0 Å². The van der Waals surface area contributed by atoms with Crippen molar-refractivity contribution in [2.45, 2.75) is 51.1 Å². The molecule has 0 radical (unpaired) electrons. The fraction of sp³-hybridized carbons (Fsp3) is 0.846. The summed E-state index contributed by atoms with van der Waals surface area (Å²) >= 11 is 0. The molecule has 2 fully saturated rings. The number of hydrogen-bond acceptors (Lipinski definition) is 2. The van der Waals surface area contributed by atoms with Crippen LogP contribution in [0.15, 0.2) is 0 Å². The first-order chi connectivity index (χ1) is 8.49. The van der Waals surface area contributed by atoms with Gasteiger partial charge in [0.2, 0.25) is 11.8 Å². The molecule has 2 unspecified atom stereocenters. The summed E-state index contributed by atoms with van der Waals surface area (Å²) in [5, 5.41) is 2.88. The first-order valence-corrected chi connectivity index (χ1v) is 6.67. The minimum atomic E-state index is -0.780. The van der Waals surface area contributed by atoms with Crippen LogP contribution in [0.25, 0.3) is 0 Å². The van der Waals surface area contributed by atoms with E-state index < -0.39 is 12.2 Å². The standard InChI is InChI=1S/C13H21FN2O2/c1-9-8-11(17)15-13(2,10-4-5-10)12(18)16(9)7-3-6-14/h9-10H,3-8H2,1-2H3,(H,15,17). The van der Waals surface area contributed by atoms with E-state index in [4.69, 9.17) is 0 Å². The van der Waals surface area contributed by atoms with E-state index in [-0.39, 0.29) is 23.8 Å². The highest BCUT2D eigenvalue weighted by Crippen LogP contribution is 2.41. The van der Waals surface area contributed by atoms with E-state index in [9.17, 15) is 14.0 Å². The summed E-state index contributed by atoms with van der Waals surface area (Å²) in [6.07, 6.45) is 2.60. The second-order valence-corrected chi connectivity index (χ2v) is 5.62. The first kappa shape index (κ1) is 13.3. The SMILES string of the molecule is CC1CC(=O)NC(C)(C2CC2)C(=O)N1CCCF. The lowest BCUT2D eigenvalue weighted by atomic mass is 9.94. The van der Waals surface area contributed by atoms with Gasteiger partial charge in [0.15, 0.2) is 0 Å². The lowest BCUT2D eigenvalue weighted by molar-refractivity contribution is -0.140. The van der Waals surface area contributed by atoms with Crippen molar-refractivity contribution in [3.8, 4) is 0 Å². The van der Waals surface area contributed by atoms with Crippen molar-refractivity contribution in [2.75, 3.05) is 13.2 Å². The van der Waals surface area contributed by atoms with Crippen molar-refractivity contribution in [1.29, 1.82) is 0 Å². The van der Waals surface area contributed by atoms with E-state index in [0.29, 0.717) is 19.4 Å². The topological polar surface area (TPSA) is 49.4 Å². The Kier molecular flexibility index (Phi) is 3.59. The van der Waals surface area contributed by atoms with Crippen LogP contribution in [0.2, 0.25) is 0 Å². The summed E-state index contributed by atoms with van der Waals surface area (Å²) in [4.78, 5) is 26.1. The van der Waals surface area contributed by atoms with Gasteiger partial charge in [-0.25, -0.2) is 0 Å². The predicted molar refractivity (Wildman–Crippen MR) is 65.7 cm³/mol. The van der Waals surface area contributed by atoms with Gasteiger partial charge >= 0.3 is 0 Å². The van der Waals surface area contributed by atoms with E-state index >= 15 is 0 Å². The number of halogens is 1. The molecule has 0 aromatic heterocycles. The van der Waals surface area contributed by atoms with Gasteiger partial charge in [-0.15, -0.1) is 0 Å². The zero-order chi connectivity index (χ0) is 13.3. The van der Waals surface area contributed by atoms with Crippen molar-refractivity contribution in [1.82, 2.24) is 10.2 Å². The van der Waals surface area contributed by atoms with Gasteiger partial charge in [0.25, 0.3) is 0 Å². The second-order valence-electron chi connectivity index (χ2n) is 5.62. The summed E-state index contributed by atoms with van der Waals surface area (Å²) < 4.78 is 12.3. The first-order valence-electron chi connectivity index (χ1n) is 6.67. The monoisotopic (exact) mass is 256 g/mol. The molecule has 1 heterocycles. The van der Waals surface area contributed by atoms with Crippen molar-refractivity contribution >= 4 is 11.8 Å². The Hall–Kier alpha value is -1.13. The van der Waals surface area contributed by atoms with Gasteiger partial charge in [-0.2, -0.15) is 0 Å². The Labute approximate surface area is 107 Å². The maximum atomic E-state index is 12.6. The molecular formula is C13H21FN2O2. The molecule has 0 aromatic carbocycles. The molecule has 1 saturated carbocycles. The summed E-state index contributed by atoms with van der Waals surface area (Å²) in [5.74, 6) is 0.122. The molecule has 5 heteroatoms. The highest BCUT2D eigenvalue weighted by Gasteiger charge is 2.52. The number of rotatable bonds is 4. The van der Waals surface area contributed by atoms with Gasteiger partial charge in [-0.05, 0) is 39.0 Å². The van der Waals surface area contributed by atoms with Crippen LogP contribution < -0.4 is 5.32 Å². The molecule has 0 aromatic rings. The van der Waals surface area contributed by atoms with E-state index in [1.54, 1.807) is 4.90 Å². The number of amides is 2. The van der Waals surface area contributed by atoms with Gasteiger partial charge in [0.1, 0.15) is 5.54 Å². The van der Waals surface area contributed by atoms with Gasteiger partial charge in [-0.3, -0.25) is 14.0 Å². The van der Waals surface area contributed by atoms with Crippen molar-refractivity contribution in [3.05, 3.63) is 0 Å². The van der Waals surface area contributed by atoms with Crippen LogP contribution in [0.4, 0.5) is 4.39 Å². The third-order valence-corrected chi connectivity index (χ3v) is 4.04. The van der Waals surface area contributed by atoms with Crippen LogP contribution in [0.1, 0.15) is 39.5 Å². The van der Waals surface area contributed by atoms with Crippen LogP contribution in [0, 0.1) is 5.92 Å². The molecule has 0 spiro atoms. The molecule has 0 bridgehead atoms. The molecule has 102 valence electrons. The van der Waals surface area contributed by atoms with Crippen LogP contribution in [0.3, 0.4) is 0 Å². The molecule has 2 rings (SSSR count). The van der Waals surface area contributed by atoms with Crippen molar-refractivity contribution in [2.24, 2.45) is 5.92 Å². The summed E-state index contributed by atoms with van der Waals surface area (Å²) in [6.45, 7) is 3.63. The molecule has 2 aliphatic rings. The lowest BCUT2D eigenvalue weighted by Crippen LogP contribution is -2.57. The number of nitrogens with one attached hydrogen (secondary N) is 1. The third-order valence-electron chi connectivity index (χ3n) is 4.04. The normalized spacial score (nSPS) is 33.3. The van der Waals surface area contributed by atoms with Crippen molar-refractivity contribution in [3.63, 3.8) is 0 Å². The lowest BCUT2D eigenvalue weighted by Gasteiger charge is -2.34. The molecule has 1 saturated heterocycles. The average Bonchev–Trinajstić information content (AvgIpc) is 3.11. The number of carbonyl (C=O) groups excluding carboxylic acids is 2. The minimum absolute atomic E-state index is 0.0446. The number of carbonyl (C=O) groups is 2. The minimum Gasteiger partial charge on any atom is -0.342 e. The average molecular weight is 256 g/mol. The van der Waals surface area contributed by atoms with Gasteiger partial charge in [0.05, 0.1) is 6.67 Å². The molecule has 1 N–H and O–H groups in total. The third kappa shape index (κ3) is 2.35. The van der Waals surface area contributed by atoms with Gasteiger partial charge < -0.3 is 10.2 Å². The number of nitrogens with zero attached hydrogens (tertiary/aromatic N) is 1. The van der Waals surface area contributed by atoms with Crippen LogP contribution in [-0.4, -0.2) is 41.5 Å². The van der Waals surface area contributed by atoms with Crippen LogP contribution in [-0.2, 0) is 9.59 Å². The van der Waals surface area contributed by atoms with Crippen LogP contribution in [0.5, 0.6) is 0 Å². The maximum Gasteiger partial charge on any atom is 0.248 e. The summed E-state index contributed by atoms with van der Waals surface area (Å²) in [6, 6.07) is -0.148. The highest BCUT2D eigenvalue weighted by atomic mass is 19.1. The Bertz CT molecular complexity index is 357. The molecular weight excluding hydrogens is 235 g/mol. The number of alkyl halides is 1. The van der Waals surface area contributed by atoms with Gasteiger partial charge in [-0.1, -0.05) is 0 Å². The summed E-state index contributed by atoms with van der Waals surface area (Å²) in [5.41, 5.74) is -0.780. The highest BCUT2D eigenvalue weighted by molar-refractivity contribution is 5.94. The van der Waals surface area contributed by atoms with E-state index in [1.807, 2.05) is 13.8 Å². The molecule has 2 atom stereocenters. The quantitative estimate of drug-likeness (QED) is 0.823. The number of hydrogen-bond donors (Lipinski definition) is 1. The van der Waals surface area contributed by atoms with E-state index in [2.05, 4.69) is 5.32 Å². The Morgan fingerprint density at radius 1 is 1.44 bits per heavy atom. The largest absolute Gasteiger partial charge is 0.342 e. The predicted octanol–water partition coefficient (Wildman–Crippen LogP) is 1.25. The van der Waals surface area contributed by atoms with E-state index in [1.165, 1.54) is 0 Å². The smallest absolute Gasteiger partial charge is 0.248 e. The Balaban J connectivity index is 2.21. The van der Waals surface area contributed by atoms with E-state index in [0.717, 1.165) is 12.8 Å². The Morgan fingerprint density at radius 2 is 2.11 bits per heavy atom. The molecule has 1 aliphatic heterocycles. The Morgan fingerprint density at radius 3 is 2.67 bits per heavy atom. The van der Waals surface area contributed by atoms with Crippen molar-refractivity contribution < 1.29 is 14.0 Å². The molecule has 2 amide bonds. The molecule has 18 heavy (non-hydrogen) atoms. The second kappa shape index (κ2) is 4.86. The molecule has 4 nitrogen and oxygen atoms in total. The fourth-order valence-corrected chi connectivity index (χ4v) is 2.76. The fourth-order valence-electron chi connectivity index (χ4n) is 2.76. The molecule has 1 aliphatic carbocycles. The van der Waals surface area contributed by atoms with Gasteiger partial charge in [0, 0.05) is 19.0 Å².